The van der Waals surface area contributed by atoms with Gasteiger partial charge in [0.15, 0.2) is 18.3 Å². The first-order valence-corrected chi connectivity index (χ1v) is 16.0. The molecule has 0 saturated carbocycles. The molecule has 3 amide bonds. The molecule has 19 heteroatoms. The third-order valence-electron chi connectivity index (χ3n) is 6.45. The largest absolute Gasteiger partial charge is 0.508 e. The van der Waals surface area contributed by atoms with Gasteiger partial charge in [-0.15, -0.1) is 6.42 Å². The third-order valence-corrected chi connectivity index (χ3v) is 6.45. The lowest BCUT2D eigenvalue weighted by molar-refractivity contribution is -0.147. The lowest BCUT2D eigenvalue weighted by atomic mass is 9.92. The van der Waals surface area contributed by atoms with E-state index in [-0.39, 0.29) is 51.2 Å². The summed E-state index contributed by atoms with van der Waals surface area (Å²) in [5.41, 5.74) is -0.799. The van der Waals surface area contributed by atoms with Crippen molar-refractivity contribution in [3.63, 3.8) is 0 Å². The van der Waals surface area contributed by atoms with Crippen LogP contribution >= 0.6 is 0 Å². The zero-order valence-electron chi connectivity index (χ0n) is 29.7. The number of esters is 1. The maximum absolute atomic E-state index is 13.0. The van der Waals surface area contributed by atoms with Crippen LogP contribution in [-0.4, -0.2) is 145 Å². The first-order chi connectivity index (χ1) is 24.2. The molecule has 3 N–H and O–H groups in total. The molecule has 19 nitrogen and oxygen atoms in total. The average Bonchev–Trinajstić information content (AvgIpc) is 3.48. The van der Waals surface area contributed by atoms with Crippen LogP contribution in [0.2, 0.25) is 0 Å². The van der Waals surface area contributed by atoms with Crippen LogP contribution in [0.25, 0.3) is 0 Å². The van der Waals surface area contributed by atoms with E-state index in [4.69, 9.17) is 53.8 Å². The molecule has 5 atom stereocenters. The van der Waals surface area contributed by atoms with Crippen molar-refractivity contribution in [2.75, 3.05) is 73.1 Å². The van der Waals surface area contributed by atoms with Crippen LogP contribution < -0.4 is 16.0 Å². The molecule has 2 aliphatic rings. The second-order valence-corrected chi connectivity index (χ2v) is 11.8. The van der Waals surface area contributed by atoms with Gasteiger partial charge >= 0.3 is 24.3 Å². The molecular weight excluding hydrogens is 680 g/mol. The number of terminal acetylenes is 1. The summed E-state index contributed by atoms with van der Waals surface area (Å²) < 4.78 is 53.2. The predicted molar refractivity (Wildman–Crippen MR) is 175 cm³/mol. The lowest BCUT2D eigenvalue weighted by Gasteiger charge is -2.39. The Morgan fingerprint density at radius 3 is 2.16 bits per heavy atom. The second-order valence-electron chi connectivity index (χ2n) is 11.8. The molecule has 0 radical (unpaired) electrons. The maximum Gasteiger partial charge on any atom is 0.508 e. The number of nitrogens with one attached hydrogen (secondary N) is 3. The van der Waals surface area contributed by atoms with E-state index in [1.807, 2.05) is 0 Å². The number of amidine groups is 1. The van der Waals surface area contributed by atoms with Crippen molar-refractivity contribution in [1.82, 2.24) is 16.0 Å². The molecule has 51 heavy (non-hydrogen) atoms. The van der Waals surface area contributed by atoms with E-state index in [0.29, 0.717) is 26.4 Å². The minimum Gasteiger partial charge on any atom is -0.477 e. The van der Waals surface area contributed by atoms with Crippen LogP contribution in [0.5, 0.6) is 0 Å². The summed E-state index contributed by atoms with van der Waals surface area (Å²) in [4.78, 5) is 66.8. The van der Waals surface area contributed by atoms with E-state index in [1.165, 1.54) is 19.9 Å². The van der Waals surface area contributed by atoms with E-state index in [1.54, 1.807) is 20.8 Å². The maximum atomic E-state index is 13.0. The third kappa shape index (κ3) is 16.7. The number of ether oxygens (including phenoxy) is 10. The number of carbonyl (C=O) groups excluding carboxylic acids is 5. The van der Waals surface area contributed by atoms with E-state index in [0.717, 1.165) is 7.11 Å². The zero-order chi connectivity index (χ0) is 37.8. The van der Waals surface area contributed by atoms with Gasteiger partial charge in [-0.05, 0) is 33.8 Å². The Morgan fingerprint density at radius 1 is 0.980 bits per heavy atom. The number of hydrogen-bond acceptors (Lipinski definition) is 16. The Labute approximate surface area is 296 Å². The predicted octanol–water partition coefficient (Wildman–Crippen LogP) is 0.588. The second kappa shape index (κ2) is 22.2. The topological polar surface area (TPSA) is 226 Å². The quantitative estimate of drug-likeness (QED) is 0.0413. The molecule has 0 unspecified atom stereocenters. The smallest absolute Gasteiger partial charge is 0.477 e. The number of hydrogen-bond donors (Lipinski definition) is 3. The van der Waals surface area contributed by atoms with Crippen molar-refractivity contribution in [1.29, 1.82) is 0 Å². The van der Waals surface area contributed by atoms with Gasteiger partial charge in [-0.1, -0.05) is 5.92 Å². The van der Waals surface area contributed by atoms with Crippen molar-refractivity contribution in [2.45, 2.75) is 70.6 Å². The van der Waals surface area contributed by atoms with Crippen molar-refractivity contribution in [3.8, 4) is 12.3 Å². The van der Waals surface area contributed by atoms with Crippen molar-refractivity contribution in [2.24, 2.45) is 4.99 Å². The summed E-state index contributed by atoms with van der Waals surface area (Å²) in [5, 5.41) is 7.69. The molecular formula is C32H48N4O15. The molecule has 0 spiro atoms. The number of carbonyl (C=O) groups is 5. The van der Waals surface area contributed by atoms with Crippen LogP contribution in [0, 0.1) is 12.3 Å². The van der Waals surface area contributed by atoms with Gasteiger partial charge < -0.3 is 58.0 Å². The summed E-state index contributed by atoms with van der Waals surface area (Å²) in [6.45, 7) is 9.75. The highest BCUT2D eigenvalue weighted by Gasteiger charge is 2.50. The van der Waals surface area contributed by atoms with Gasteiger partial charge in [0.1, 0.15) is 24.7 Å². The van der Waals surface area contributed by atoms with E-state index in [9.17, 15) is 24.0 Å². The normalized spacial score (nSPS) is 20.7. The zero-order valence-corrected chi connectivity index (χ0v) is 29.7. The average molecular weight is 729 g/mol. The molecule has 2 aliphatic heterocycles. The summed E-state index contributed by atoms with van der Waals surface area (Å²) in [5.74, 6) is 0.611. The Kier molecular flexibility index (Phi) is 18.5. The number of aliphatic imine (C=N–C) groups is 1. The fourth-order valence-electron chi connectivity index (χ4n) is 4.47. The molecule has 2 rings (SSSR count). The molecule has 0 aliphatic carbocycles. The van der Waals surface area contributed by atoms with Crippen LogP contribution in [0.3, 0.4) is 0 Å². The molecule has 0 bridgehead atoms. The number of amides is 3. The van der Waals surface area contributed by atoms with Gasteiger partial charge in [-0.3, -0.25) is 15.1 Å². The van der Waals surface area contributed by atoms with Crippen molar-refractivity contribution >= 4 is 36.1 Å². The fourth-order valence-corrected chi connectivity index (χ4v) is 4.47. The highest BCUT2D eigenvalue weighted by Crippen LogP contribution is 2.29. The first kappa shape index (κ1) is 42.5. The van der Waals surface area contributed by atoms with Crippen LogP contribution in [-0.2, 0) is 57.0 Å². The van der Waals surface area contributed by atoms with Gasteiger partial charge in [0.2, 0.25) is 11.7 Å². The molecule has 2 heterocycles. The number of alkyl carbamates (subject to hydrolysis) is 2. The van der Waals surface area contributed by atoms with Crippen LogP contribution in [0.4, 0.5) is 14.4 Å². The SMILES string of the molecule is C#CCOCCOCCOCCOCCNC(=O)O[C@@H]([C@@H]1OC(C(=O)OC)=C[C@H](N=C(C)NC(=O)OC(C)(C)C)[C@H]1NC(C)=O)[C@H]1COC(=O)O1. The van der Waals surface area contributed by atoms with E-state index >= 15 is 0 Å². The highest BCUT2D eigenvalue weighted by atomic mass is 16.8. The van der Waals surface area contributed by atoms with Gasteiger partial charge in [0.05, 0.1) is 65.4 Å². The van der Waals surface area contributed by atoms with Gasteiger partial charge in [0, 0.05) is 13.5 Å². The monoisotopic (exact) mass is 728 g/mol. The molecule has 0 aromatic carbocycles. The Bertz CT molecular complexity index is 1280. The Hall–Kier alpha value is -4.64. The van der Waals surface area contributed by atoms with E-state index in [2.05, 4.69) is 26.9 Å². The lowest BCUT2D eigenvalue weighted by Crippen LogP contribution is -2.61. The van der Waals surface area contributed by atoms with Gasteiger partial charge in [-0.2, -0.15) is 0 Å². The summed E-state index contributed by atoms with van der Waals surface area (Å²) >= 11 is 0. The highest BCUT2D eigenvalue weighted by molar-refractivity contribution is 5.94. The Morgan fingerprint density at radius 2 is 1.61 bits per heavy atom. The fraction of sp³-hybridized carbons (Fsp3) is 0.688. The van der Waals surface area contributed by atoms with Gasteiger partial charge in [0.25, 0.3) is 0 Å². The molecule has 0 aromatic heterocycles. The number of nitrogens with zero attached hydrogens (tertiary/aromatic N) is 1. The molecule has 1 fully saturated rings. The number of methoxy groups -OCH3 is 1. The minimum atomic E-state index is -1.46. The van der Waals surface area contributed by atoms with E-state index < -0.39 is 66.2 Å². The first-order valence-electron chi connectivity index (χ1n) is 16.0. The van der Waals surface area contributed by atoms with Crippen molar-refractivity contribution < 1.29 is 71.3 Å². The summed E-state index contributed by atoms with van der Waals surface area (Å²) in [7, 11) is 1.12. The summed E-state index contributed by atoms with van der Waals surface area (Å²) in [6, 6.07) is -2.24. The van der Waals surface area contributed by atoms with Crippen LogP contribution in [0.15, 0.2) is 16.8 Å². The molecule has 1 saturated heterocycles. The Balaban J connectivity index is 2.09. The van der Waals surface area contributed by atoms with Crippen LogP contribution in [0.1, 0.15) is 34.6 Å². The molecule has 0 aromatic rings. The standard InChI is InChI=1S/C32H48N4O15/c1-8-10-43-12-14-45-16-17-46-15-13-44-11-9-33-29(39)50-26(24-19-47-31(41)49-24)27-25(36-21(3)37)22(18-23(48-27)28(38)42-7)34-20(2)35-30(40)51-32(4,5)6/h1,18,22,24-27H,9-17,19H2,2-7H3,(H,33,39)(H,36,37)(H,34,35,40)/t22-,24+,25+,26+,27+/m0/s1. The minimum absolute atomic E-state index is 0.0175. The van der Waals surface area contributed by atoms with Crippen molar-refractivity contribution in [3.05, 3.63) is 11.8 Å². The number of rotatable bonds is 19. The van der Waals surface area contributed by atoms with Gasteiger partial charge in [-0.25, -0.2) is 19.2 Å². The summed E-state index contributed by atoms with van der Waals surface area (Å²) in [6.07, 6.45) is -0.515. The number of cyclic esters (lactones) is 2. The molecule has 286 valence electrons.